The van der Waals surface area contributed by atoms with Gasteiger partial charge in [-0.2, -0.15) is 4.73 Å². The van der Waals surface area contributed by atoms with Gasteiger partial charge in [-0.1, -0.05) is 30.3 Å². The maximum atomic E-state index is 11.5. The smallest absolute Gasteiger partial charge is 0.251 e. The maximum absolute atomic E-state index is 11.5. The van der Waals surface area contributed by atoms with Gasteiger partial charge < -0.3 is 5.21 Å². The van der Waals surface area contributed by atoms with Crippen molar-refractivity contribution in [2.24, 2.45) is 0 Å². The number of rotatable bonds is 4. The van der Waals surface area contributed by atoms with Crippen LogP contribution in [0.2, 0.25) is 0 Å². The highest BCUT2D eigenvalue weighted by Crippen LogP contribution is 2.26. The zero-order valence-corrected chi connectivity index (χ0v) is 12.2. The minimum absolute atomic E-state index is 0.696. The van der Waals surface area contributed by atoms with Crippen molar-refractivity contribution >= 4 is 23.1 Å². The first-order valence-electron chi connectivity index (χ1n) is 6.14. The van der Waals surface area contributed by atoms with Gasteiger partial charge in [0.25, 0.3) is 5.03 Å². The predicted molar refractivity (Wildman–Crippen MR) is 82.5 cm³/mol. The third-order valence-electron chi connectivity index (χ3n) is 2.73. The van der Waals surface area contributed by atoms with Crippen molar-refractivity contribution in [1.82, 2.24) is 4.98 Å². The highest BCUT2D eigenvalue weighted by Gasteiger charge is 2.08. The van der Waals surface area contributed by atoms with Crippen LogP contribution in [0, 0.1) is 5.21 Å². The lowest BCUT2D eigenvalue weighted by Gasteiger charge is -2.01. The molecule has 0 atom stereocenters. The Morgan fingerprint density at radius 3 is 2.70 bits per heavy atom. The molecule has 0 aliphatic rings. The van der Waals surface area contributed by atoms with Gasteiger partial charge in [0.15, 0.2) is 6.20 Å². The molecule has 0 bridgehead atoms. The molecule has 0 N–H and O–H groups in total. The van der Waals surface area contributed by atoms with Gasteiger partial charge in [0, 0.05) is 28.8 Å². The van der Waals surface area contributed by atoms with E-state index in [-0.39, 0.29) is 0 Å². The zero-order valence-electron chi connectivity index (χ0n) is 10.6. The van der Waals surface area contributed by atoms with Gasteiger partial charge >= 0.3 is 0 Å². The lowest BCUT2D eigenvalue weighted by Crippen LogP contribution is -2.27. The van der Waals surface area contributed by atoms with Crippen LogP contribution in [0.5, 0.6) is 0 Å². The van der Waals surface area contributed by atoms with Crippen molar-refractivity contribution < 1.29 is 4.73 Å². The maximum Gasteiger partial charge on any atom is 0.251 e. The third kappa shape index (κ3) is 3.00. The standard InChI is InChI=1S/C15H12N2OS2/c18-17-9-5-4-8-14(17)19-10-13-11-20-15(16-13)12-6-2-1-3-7-12/h1-9,11H,10H2. The van der Waals surface area contributed by atoms with Gasteiger partial charge in [-0.25, -0.2) is 4.98 Å². The monoisotopic (exact) mass is 300 g/mol. The van der Waals surface area contributed by atoms with E-state index in [4.69, 9.17) is 0 Å². The molecule has 0 aliphatic heterocycles. The Labute approximate surface area is 125 Å². The van der Waals surface area contributed by atoms with Crippen LogP contribution in [0.25, 0.3) is 10.6 Å². The van der Waals surface area contributed by atoms with E-state index >= 15 is 0 Å². The summed E-state index contributed by atoms with van der Waals surface area (Å²) < 4.78 is 0.884. The Morgan fingerprint density at radius 2 is 1.90 bits per heavy atom. The summed E-state index contributed by atoms with van der Waals surface area (Å²) in [5.41, 5.74) is 2.13. The summed E-state index contributed by atoms with van der Waals surface area (Å²) in [7, 11) is 0. The molecule has 3 nitrogen and oxygen atoms in total. The number of nitrogens with zero attached hydrogens (tertiary/aromatic N) is 2. The second-order valence-electron chi connectivity index (χ2n) is 4.16. The first-order valence-corrected chi connectivity index (χ1v) is 8.00. The molecule has 20 heavy (non-hydrogen) atoms. The van der Waals surface area contributed by atoms with E-state index in [1.54, 1.807) is 17.4 Å². The molecule has 3 rings (SSSR count). The summed E-state index contributed by atoms with van der Waals surface area (Å²) in [5.74, 6) is 0.704. The minimum Gasteiger partial charge on any atom is -0.618 e. The Morgan fingerprint density at radius 1 is 1.10 bits per heavy atom. The largest absolute Gasteiger partial charge is 0.618 e. The van der Waals surface area contributed by atoms with Gasteiger partial charge in [-0.3, -0.25) is 0 Å². The Kier molecular flexibility index (Phi) is 3.99. The minimum atomic E-state index is 0.696. The van der Waals surface area contributed by atoms with Crippen LogP contribution in [0.3, 0.4) is 0 Å². The van der Waals surface area contributed by atoms with Crippen LogP contribution in [-0.2, 0) is 5.75 Å². The Bertz CT molecular complexity index is 698. The number of pyridine rings is 1. The fourth-order valence-corrected chi connectivity index (χ4v) is 3.50. The molecule has 2 aromatic heterocycles. The van der Waals surface area contributed by atoms with E-state index < -0.39 is 0 Å². The van der Waals surface area contributed by atoms with E-state index in [1.807, 2.05) is 35.7 Å². The van der Waals surface area contributed by atoms with Gasteiger partial charge in [0.2, 0.25) is 0 Å². The molecule has 0 spiro atoms. The molecule has 3 aromatic rings. The number of aromatic nitrogens is 2. The normalized spacial score (nSPS) is 10.6. The second-order valence-corrected chi connectivity index (χ2v) is 6.02. The van der Waals surface area contributed by atoms with Gasteiger partial charge in [0.05, 0.1) is 5.69 Å². The van der Waals surface area contributed by atoms with Crippen LogP contribution in [0.15, 0.2) is 65.1 Å². The van der Waals surface area contributed by atoms with E-state index in [0.29, 0.717) is 10.8 Å². The van der Waals surface area contributed by atoms with E-state index in [2.05, 4.69) is 17.1 Å². The van der Waals surface area contributed by atoms with E-state index in [0.717, 1.165) is 21.0 Å². The fourth-order valence-electron chi connectivity index (χ4n) is 1.76. The van der Waals surface area contributed by atoms with E-state index in [9.17, 15) is 5.21 Å². The van der Waals surface area contributed by atoms with Gasteiger partial charge in [-0.05, 0) is 17.8 Å². The average Bonchev–Trinajstić information content (AvgIpc) is 2.96. The van der Waals surface area contributed by atoms with E-state index in [1.165, 1.54) is 18.0 Å². The summed E-state index contributed by atoms with van der Waals surface area (Å²) in [6.07, 6.45) is 1.51. The number of thiazole rings is 1. The molecule has 2 heterocycles. The van der Waals surface area contributed by atoms with Crippen LogP contribution in [0.4, 0.5) is 0 Å². The molecule has 0 saturated heterocycles. The van der Waals surface area contributed by atoms with Crippen molar-refractivity contribution in [3.63, 3.8) is 0 Å². The lowest BCUT2D eigenvalue weighted by molar-refractivity contribution is -0.645. The molecule has 0 aliphatic carbocycles. The molecule has 100 valence electrons. The first kappa shape index (κ1) is 13.1. The topological polar surface area (TPSA) is 39.8 Å². The zero-order chi connectivity index (χ0) is 13.8. The summed E-state index contributed by atoms with van der Waals surface area (Å²) in [5, 5.41) is 15.3. The van der Waals surface area contributed by atoms with Crippen molar-refractivity contribution in [2.75, 3.05) is 0 Å². The summed E-state index contributed by atoms with van der Waals surface area (Å²) >= 11 is 3.14. The number of benzene rings is 1. The summed E-state index contributed by atoms with van der Waals surface area (Å²) in [6, 6.07) is 15.5. The fraction of sp³-hybridized carbons (Fsp3) is 0.0667. The summed E-state index contributed by atoms with van der Waals surface area (Å²) in [6.45, 7) is 0. The van der Waals surface area contributed by atoms with Gasteiger partial charge in [0.1, 0.15) is 5.01 Å². The molecular weight excluding hydrogens is 288 g/mol. The quantitative estimate of drug-likeness (QED) is 0.419. The highest BCUT2D eigenvalue weighted by molar-refractivity contribution is 7.98. The van der Waals surface area contributed by atoms with Crippen LogP contribution in [0.1, 0.15) is 5.69 Å². The second kappa shape index (κ2) is 6.07. The van der Waals surface area contributed by atoms with Gasteiger partial charge in [-0.15, -0.1) is 11.3 Å². The van der Waals surface area contributed by atoms with Crippen LogP contribution in [-0.4, -0.2) is 4.98 Å². The SMILES string of the molecule is [O-][n+]1ccccc1SCc1csc(-c2ccccc2)n1. The average molecular weight is 300 g/mol. The Hall–Kier alpha value is -1.85. The highest BCUT2D eigenvalue weighted by atomic mass is 32.2. The molecule has 0 unspecified atom stereocenters. The molecule has 1 aromatic carbocycles. The number of hydrogen-bond donors (Lipinski definition) is 0. The summed E-state index contributed by atoms with van der Waals surface area (Å²) in [4.78, 5) is 4.61. The molecule has 0 saturated carbocycles. The first-order chi connectivity index (χ1) is 9.83. The molecule has 5 heteroatoms. The van der Waals surface area contributed by atoms with Crippen molar-refractivity contribution in [2.45, 2.75) is 10.8 Å². The molecule has 0 radical (unpaired) electrons. The Balaban J connectivity index is 1.71. The number of thioether (sulfide) groups is 1. The van der Waals surface area contributed by atoms with Crippen molar-refractivity contribution in [1.29, 1.82) is 0 Å². The third-order valence-corrected chi connectivity index (χ3v) is 4.72. The van der Waals surface area contributed by atoms with Crippen LogP contribution >= 0.6 is 23.1 Å². The molecule has 0 fully saturated rings. The van der Waals surface area contributed by atoms with Crippen LogP contribution < -0.4 is 4.73 Å². The molecular formula is C15H12N2OS2. The van der Waals surface area contributed by atoms with Crippen molar-refractivity contribution in [3.05, 3.63) is 71.0 Å². The molecule has 0 amide bonds. The predicted octanol–water partition coefficient (Wildman–Crippen LogP) is 3.74. The van der Waals surface area contributed by atoms with Crippen molar-refractivity contribution in [3.8, 4) is 10.6 Å². The number of hydrogen-bond acceptors (Lipinski definition) is 4. The lowest BCUT2D eigenvalue weighted by atomic mass is 10.2.